The average molecular weight is 280 g/mol. The lowest BCUT2D eigenvalue weighted by Gasteiger charge is -2.37. The Hall–Kier alpha value is -0.870. The van der Waals surface area contributed by atoms with Crippen molar-refractivity contribution in [1.82, 2.24) is 4.90 Å². The molecule has 19 heavy (non-hydrogen) atoms. The first-order chi connectivity index (χ1) is 9.05. The largest absolute Gasteiger partial charge is 0.494 e. The van der Waals surface area contributed by atoms with Crippen molar-refractivity contribution in [2.45, 2.75) is 25.0 Å². The van der Waals surface area contributed by atoms with Gasteiger partial charge < -0.3 is 15.4 Å². The molecule has 1 aliphatic rings. The number of thioether (sulfide) groups is 1. The molecule has 0 radical (unpaired) electrons. The second-order valence-electron chi connectivity index (χ2n) is 5.66. The van der Waals surface area contributed by atoms with Crippen LogP contribution in [-0.2, 0) is 0 Å². The summed E-state index contributed by atoms with van der Waals surface area (Å²) >= 11 is 2.08. The summed E-state index contributed by atoms with van der Waals surface area (Å²) in [4.78, 5) is 2.54. The zero-order chi connectivity index (χ0) is 13.7. The molecule has 0 spiro atoms. The molecule has 2 rings (SSSR count). The molecule has 0 aliphatic carbocycles. The zero-order valence-corrected chi connectivity index (χ0v) is 12.7. The Kier molecular flexibility index (Phi) is 4.99. The van der Waals surface area contributed by atoms with E-state index in [4.69, 9.17) is 10.5 Å². The lowest BCUT2D eigenvalue weighted by Crippen LogP contribution is -2.43. The van der Waals surface area contributed by atoms with Crippen molar-refractivity contribution < 1.29 is 4.74 Å². The number of nitrogens with two attached hydrogens (primary N) is 1. The molecule has 4 heteroatoms. The molecule has 106 valence electrons. The van der Waals surface area contributed by atoms with Crippen molar-refractivity contribution in [2.75, 3.05) is 37.7 Å². The highest BCUT2D eigenvalue weighted by Crippen LogP contribution is 2.29. The van der Waals surface area contributed by atoms with Gasteiger partial charge in [-0.3, -0.25) is 0 Å². The number of hydrogen-bond acceptors (Lipinski definition) is 4. The van der Waals surface area contributed by atoms with Gasteiger partial charge in [0.15, 0.2) is 0 Å². The summed E-state index contributed by atoms with van der Waals surface area (Å²) < 4.78 is 6.12. The fourth-order valence-corrected chi connectivity index (χ4v) is 3.52. The lowest BCUT2D eigenvalue weighted by atomic mass is 10.2. The molecule has 0 saturated carbocycles. The maximum atomic E-state index is 5.72. The van der Waals surface area contributed by atoms with E-state index in [9.17, 15) is 0 Å². The van der Waals surface area contributed by atoms with Gasteiger partial charge in [-0.1, -0.05) is 0 Å². The summed E-state index contributed by atoms with van der Waals surface area (Å²) in [5.74, 6) is 2.15. The predicted molar refractivity (Wildman–Crippen MR) is 83.9 cm³/mol. The van der Waals surface area contributed by atoms with Crippen LogP contribution in [0.15, 0.2) is 24.3 Å². The predicted octanol–water partition coefficient (Wildman–Crippen LogP) is 2.87. The van der Waals surface area contributed by atoms with E-state index < -0.39 is 0 Å². The Labute approximate surface area is 120 Å². The van der Waals surface area contributed by atoms with Crippen LogP contribution in [0.4, 0.5) is 5.69 Å². The molecule has 0 amide bonds. The van der Waals surface area contributed by atoms with Gasteiger partial charge in [0, 0.05) is 35.8 Å². The van der Waals surface area contributed by atoms with Crippen molar-refractivity contribution in [1.29, 1.82) is 0 Å². The van der Waals surface area contributed by atoms with E-state index in [0.717, 1.165) is 31.0 Å². The summed E-state index contributed by atoms with van der Waals surface area (Å²) in [7, 11) is 0. The highest BCUT2D eigenvalue weighted by Gasteiger charge is 2.26. The molecule has 3 nitrogen and oxygen atoms in total. The number of benzene rings is 1. The number of nitrogen functional groups attached to an aromatic ring is 1. The number of anilines is 1. The van der Waals surface area contributed by atoms with E-state index in [0.29, 0.717) is 4.75 Å². The number of nitrogens with zero attached hydrogens (tertiary/aromatic N) is 1. The molecule has 0 aromatic heterocycles. The highest BCUT2D eigenvalue weighted by molar-refractivity contribution is 8.00. The molecular weight excluding hydrogens is 256 g/mol. The minimum absolute atomic E-state index is 0.399. The van der Waals surface area contributed by atoms with Crippen LogP contribution < -0.4 is 10.5 Å². The molecule has 2 N–H and O–H groups in total. The first-order valence-corrected chi connectivity index (χ1v) is 7.88. The molecule has 0 unspecified atom stereocenters. The van der Waals surface area contributed by atoms with Crippen LogP contribution in [0.1, 0.15) is 20.3 Å². The second-order valence-corrected chi connectivity index (χ2v) is 7.46. The van der Waals surface area contributed by atoms with Crippen molar-refractivity contribution in [3.05, 3.63) is 24.3 Å². The van der Waals surface area contributed by atoms with E-state index >= 15 is 0 Å². The van der Waals surface area contributed by atoms with Crippen LogP contribution in [0.25, 0.3) is 0 Å². The van der Waals surface area contributed by atoms with Gasteiger partial charge in [0.1, 0.15) is 5.75 Å². The van der Waals surface area contributed by atoms with Crippen molar-refractivity contribution in [3.63, 3.8) is 0 Å². The molecule has 1 saturated heterocycles. The van der Waals surface area contributed by atoms with Gasteiger partial charge in [-0.15, -0.1) is 0 Å². The molecule has 1 fully saturated rings. The molecule has 1 aliphatic heterocycles. The Bertz CT molecular complexity index is 392. The summed E-state index contributed by atoms with van der Waals surface area (Å²) in [6.45, 7) is 8.94. The lowest BCUT2D eigenvalue weighted by molar-refractivity contribution is 0.226. The Morgan fingerprint density at radius 2 is 2.05 bits per heavy atom. The maximum Gasteiger partial charge on any atom is 0.119 e. The minimum atomic E-state index is 0.399. The topological polar surface area (TPSA) is 38.5 Å². The molecule has 1 aromatic carbocycles. The van der Waals surface area contributed by atoms with Crippen LogP contribution >= 0.6 is 11.8 Å². The van der Waals surface area contributed by atoms with Gasteiger partial charge >= 0.3 is 0 Å². The van der Waals surface area contributed by atoms with E-state index in [2.05, 4.69) is 30.5 Å². The highest BCUT2D eigenvalue weighted by atomic mass is 32.2. The van der Waals surface area contributed by atoms with E-state index in [-0.39, 0.29) is 0 Å². The average Bonchev–Trinajstić information content (AvgIpc) is 2.36. The summed E-state index contributed by atoms with van der Waals surface area (Å²) in [5.41, 5.74) is 6.42. The third-order valence-electron chi connectivity index (χ3n) is 3.27. The van der Waals surface area contributed by atoms with Crippen molar-refractivity contribution in [3.8, 4) is 5.75 Å². The molecule has 0 bridgehead atoms. The van der Waals surface area contributed by atoms with Crippen LogP contribution in [0.2, 0.25) is 0 Å². The van der Waals surface area contributed by atoms with E-state index in [1.54, 1.807) is 0 Å². The standard InChI is InChI=1S/C15H24N2OS/c1-15(2)12-17(9-11-19-15)8-3-10-18-14-6-4-13(16)5-7-14/h4-7H,3,8-12,16H2,1-2H3. The van der Waals surface area contributed by atoms with Crippen LogP contribution in [-0.4, -0.2) is 41.6 Å². The summed E-state index contributed by atoms with van der Waals surface area (Å²) in [5, 5.41) is 0. The van der Waals surface area contributed by atoms with Gasteiger partial charge in [0.05, 0.1) is 6.61 Å². The van der Waals surface area contributed by atoms with Gasteiger partial charge in [-0.25, -0.2) is 0 Å². The molecule has 0 atom stereocenters. The monoisotopic (exact) mass is 280 g/mol. The van der Waals surface area contributed by atoms with Gasteiger partial charge in [0.25, 0.3) is 0 Å². The minimum Gasteiger partial charge on any atom is -0.494 e. The van der Waals surface area contributed by atoms with Crippen molar-refractivity contribution >= 4 is 17.4 Å². The quantitative estimate of drug-likeness (QED) is 0.665. The third-order valence-corrected chi connectivity index (χ3v) is 4.57. The number of hydrogen-bond donors (Lipinski definition) is 1. The van der Waals surface area contributed by atoms with Crippen LogP contribution in [0.3, 0.4) is 0 Å². The zero-order valence-electron chi connectivity index (χ0n) is 11.9. The summed E-state index contributed by atoms with van der Waals surface area (Å²) in [6, 6.07) is 7.60. The number of ether oxygens (including phenoxy) is 1. The van der Waals surface area contributed by atoms with Crippen LogP contribution in [0, 0.1) is 0 Å². The van der Waals surface area contributed by atoms with Crippen molar-refractivity contribution in [2.24, 2.45) is 0 Å². The first-order valence-electron chi connectivity index (χ1n) is 6.90. The molecular formula is C15H24N2OS. The SMILES string of the molecule is CC1(C)CN(CCCOc2ccc(N)cc2)CCS1. The fraction of sp³-hybridized carbons (Fsp3) is 0.600. The molecule has 1 heterocycles. The van der Waals surface area contributed by atoms with Crippen LogP contribution in [0.5, 0.6) is 5.75 Å². The second kappa shape index (κ2) is 6.53. The first kappa shape index (κ1) is 14.5. The Morgan fingerprint density at radius 1 is 1.32 bits per heavy atom. The Balaban J connectivity index is 1.65. The summed E-state index contributed by atoms with van der Waals surface area (Å²) in [6.07, 6.45) is 1.07. The number of rotatable bonds is 5. The van der Waals surface area contributed by atoms with Gasteiger partial charge in [-0.05, 0) is 44.5 Å². The third kappa shape index (κ3) is 4.96. The maximum absolute atomic E-state index is 5.72. The van der Waals surface area contributed by atoms with Gasteiger partial charge in [0.2, 0.25) is 0 Å². The molecule has 1 aromatic rings. The van der Waals surface area contributed by atoms with E-state index in [1.165, 1.54) is 18.8 Å². The van der Waals surface area contributed by atoms with Gasteiger partial charge in [-0.2, -0.15) is 11.8 Å². The normalized spacial score (nSPS) is 19.3. The Morgan fingerprint density at radius 3 is 2.74 bits per heavy atom. The smallest absolute Gasteiger partial charge is 0.119 e. The fourth-order valence-electron chi connectivity index (χ4n) is 2.35. The van der Waals surface area contributed by atoms with E-state index in [1.807, 2.05) is 24.3 Å².